The number of carbonyl (C=O) groups excluding carboxylic acids is 1. The average molecular weight is 458 g/mol. The minimum Gasteiger partial charge on any atom is -0.497 e. The summed E-state index contributed by atoms with van der Waals surface area (Å²) in [7, 11) is 1.63. The molecule has 5 nitrogen and oxygen atoms in total. The fourth-order valence-corrected chi connectivity index (χ4v) is 5.51. The molecule has 6 rings (SSSR count). The van der Waals surface area contributed by atoms with Crippen LogP contribution in [0.5, 0.6) is 5.75 Å². The van der Waals surface area contributed by atoms with Gasteiger partial charge in [0.05, 0.1) is 18.8 Å². The number of nitrogens with zero attached hydrogens (tertiary/aromatic N) is 2. The number of nitrogens with one attached hydrogen (secondary N) is 1. The zero-order chi connectivity index (χ0) is 22.7. The van der Waals surface area contributed by atoms with Crippen LogP contribution in [-0.2, 0) is 11.2 Å². The molecular weight excluding hydrogens is 437 g/mol. The minimum atomic E-state index is -0.483. The highest BCUT2D eigenvalue weighted by molar-refractivity contribution is 7.80. The summed E-state index contributed by atoms with van der Waals surface area (Å²) in [5.41, 5.74) is 4.55. The first kappa shape index (κ1) is 19.9. The number of para-hydroxylation sites is 1. The predicted octanol–water partition coefficient (Wildman–Crippen LogP) is 4.96. The first-order chi connectivity index (χ1) is 16.1. The third-order valence-electron chi connectivity index (χ3n) is 6.53. The van der Waals surface area contributed by atoms with E-state index in [0.717, 1.165) is 33.5 Å². The minimum absolute atomic E-state index is 0.144. The van der Waals surface area contributed by atoms with Gasteiger partial charge in [-0.05, 0) is 59.7 Å². The first-order valence-corrected chi connectivity index (χ1v) is 11.1. The molecule has 164 valence electrons. The molecule has 7 heteroatoms. The first-order valence-electron chi connectivity index (χ1n) is 10.7. The highest BCUT2D eigenvalue weighted by Crippen LogP contribution is 2.45. The summed E-state index contributed by atoms with van der Waals surface area (Å²) in [5.74, 6) is 0.175. The van der Waals surface area contributed by atoms with Crippen LogP contribution in [0.1, 0.15) is 22.9 Å². The van der Waals surface area contributed by atoms with E-state index >= 15 is 0 Å². The second-order valence-electron chi connectivity index (χ2n) is 8.31. The van der Waals surface area contributed by atoms with Crippen molar-refractivity contribution in [1.29, 1.82) is 0 Å². The average Bonchev–Trinajstić information content (AvgIpc) is 3.32. The molecule has 2 atom stereocenters. The van der Waals surface area contributed by atoms with Gasteiger partial charge in [-0.25, -0.2) is 4.39 Å². The number of hydrogen-bond donors (Lipinski definition) is 1. The highest BCUT2D eigenvalue weighted by Gasteiger charge is 2.51. The Hall–Kier alpha value is -3.71. The number of rotatable bonds is 3. The molecule has 0 saturated carbocycles. The van der Waals surface area contributed by atoms with Crippen molar-refractivity contribution in [3.8, 4) is 5.75 Å². The molecule has 0 aliphatic carbocycles. The molecule has 3 aromatic carbocycles. The summed E-state index contributed by atoms with van der Waals surface area (Å²) in [4.78, 5) is 20.7. The van der Waals surface area contributed by atoms with Gasteiger partial charge in [-0.2, -0.15) is 0 Å². The summed E-state index contributed by atoms with van der Waals surface area (Å²) in [6.07, 6.45) is 0.518. The van der Waals surface area contributed by atoms with Crippen LogP contribution in [0.25, 0.3) is 10.9 Å². The molecular formula is C26H20FN3O2S. The Labute approximate surface area is 195 Å². The number of benzene rings is 3. The quantitative estimate of drug-likeness (QED) is 0.442. The zero-order valence-corrected chi connectivity index (χ0v) is 18.6. The van der Waals surface area contributed by atoms with Gasteiger partial charge in [0.1, 0.15) is 17.6 Å². The van der Waals surface area contributed by atoms with Gasteiger partial charge in [-0.1, -0.05) is 36.4 Å². The van der Waals surface area contributed by atoms with Crippen LogP contribution >= 0.6 is 12.2 Å². The van der Waals surface area contributed by atoms with Crippen LogP contribution in [-0.4, -0.2) is 34.1 Å². The van der Waals surface area contributed by atoms with Crippen LogP contribution in [0.4, 0.5) is 10.1 Å². The topological polar surface area (TPSA) is 48.6 Å². The maximum Gasteiger partial charge on any atom is 0.256 e. The van der Waals surface area contributed by atoms with E-state index in [4.69, 9.17) is 17.0 Å². The van der Waals surface area contributed by atoms with Crippen molar-refractivity contribution in [1.82, 2.24) is 9.88 Å². The second-order valence-corrected chi connectivity index (χ2v) is 8.67. The number of halogens is 1. The van der Waals surface area contributed by atoms with E-state index in [0.29, 0.717) is 17.2 Å². The lowest BCUT2D eigenvalue weighted by Gasteiger charge is -2.37. The van der Waals surface area contributed by atoms with Gasteiger partial charge in [-0.3, -0.25) is 9.69 Å². The molecule has 2 aliphatic heterocycles. The number of hydrogen-bond acceptors (Lipinski definition) is 3. The molecule has 4 aromatic rings. The molecule has 0 bridgehead atoms. The predicted molar refractivity (Wildman–Crippen MR) is 129 cm³/mol. The summed E-state index contributed by atoms with van der Waals surface area (Å²) in [6, 6.07) is 21.1. The van der Waals surface area contributed by atoms with Gasteiger partial charge in [0.25, 0.3) is 5.91 Å². The van der Waals surface area contributed by atoms with Gasteiger partial charge in [0, 0.05) is 23.0 Å². The monoisotopic (exact) mass is 457 g/mol. The standard InChI is InChI=1S/C26H20FN3O2S/c1-32-18-9-4-6-15(12-18)24-23-20(19-10-2-3-11-21(19)28-23)14-22-25(31)29(26(33)30(22)24)17-8-5-7-16(27)13-17/h2-13,22,24,28H,14H2,1H3. The van der Waals surface area contributed by atoms with E-state index in [1.165, 1.54) is 17.0 Å². The molecule has 2 aliphatic rings. The van der Waals surface area contributed by atoms with Gasteiger partial charge in [0.15, 0.2) is 5.11 Å². The molecule has 2 unspecified atom stereocenters. The lowest BCUT2D eigenvalue weighted by atomic mass is 9.89. The second kappa shape index (κ2) is 7.42. The van der Waals surface area contributed by atoms with E-state index < -0.39 is 11.9 Å². The third-order valence-corrected chi connectivity index (χ3v) is 6.92. The van der Waals surface area contributed by atoms with Crippen molar-refractivity contribution in [3.05, 3.63) is 95.4 Å². The smallest absolute Gasteiger partial charge is 0.256 e. The zero-order valence-electron chi connectivity index (χ0n) is 17.8. The SMILES string of the molecule is COc1cccc(C2c3[nH]c4ccccc4c3CC3C(=O)N(c4cccc(F)c4)C(=S)N32)c1. The number of thiocarbonyl (C=S) groups is 1. The van der Waals surface area contributed by atoms with Gasteiger partial charge < -0.3 is 14.6 Å². The lowest BCUT2D eigenvalue weighted by Crippen LogP contribution is -2.44. The molecule has 1 fully saturated rings. The maximum atomic E-state index is 14.0. The van der Waals surface area contributed by atoms with Crippen molar-refractivity contribution in [2.75, 3.05) is 12.0 Å². The van der Waals surface area contributed by atoms with Crippen molar-refractivity contribution >= 4 is 39.8 Å². The molecule has 33 heavy (non-hydrogen) atoms. The Kier molecular flexibility index (Phi) is 4.48. The fraction of sp³-hybridized carbons (Fsp3) is 0.154. The van der Waals surface area contributed by atoms with E-state index in [1.54, 1.807) is 19.2 Å². The fourth-order valence-electron chi connectivity index (χ4n) is 5.09. The third kappa shape index (κ3) is 2.96. The Balaban J connectivity index is 1.55. The largest absolute Gasteiger partial charge is 0.497 e. The summed E-state index contributed by atoms with van der Waals surface area (Å²) >= 11 is 5.85. The Morgan fingerprint density at radius 3 is 2.70 bits per heavy atom. The normalized spacial score (nSPS) is 19.7. The highest BCUT2D eigenvalue weighted by atomic mass is 32.1. The van der Waals surface area contributed by atoms with Crippen molar-refractivity contribution in [2.24, 2.45) is 0 Å². The number of H-pyrrole nitrogens is 1. The maximum absolute atomic E-state index is 14.0. The summed E-state index contributed by atoms with van der Waals surface area (Å²) in [6.45, 7) is 0. The van der Waals surface area contributed by atoms with E-state index in [9.17, 15) is 9.18 Å². The summed E-state index contributed by atoms with van der Waals surface area (Å²) < 4.78 is 19.5. The van der Waals surface area contributed by atoms with Gasteiger partial charge >= 0.3 is 0 Å². The number of methoxy groups -OCH3 is 1. The number of aromatic amines is 1. The van der Waals surface area contributed by atoms with E-state index in [-0.39, 0.29) is 11.9 Å². The Morgan fingerprint density at radius 1 is 1.06 bits per heavy atom. The molecule has 0 radical (unpaired) electrons. The molecule has 0 spiro atoms. The number of fused-ring (bicyclic) bond motifs is 4. The van der Waals surface area contributed by atoms with Crippen LogP contribution in [0.3, 0.4) is 0 Å². The molecule has 1 saturated heterocycles. The van der Waals surface area contributed by atoms with E-state index in [2.05, 4.69) is 11.1 Å². The number of amides is 1. The van der Waals surface area contributed by atoms with Gasteiger partial charge in [0.2, 0.25) is 0 Å². The van der Waals surface area contributed by atoms with Crippen LogP contribution in [0.15, 0.2) is 72.8 Å². The Bertz CT molecular complexity index is 1430. The van der Waals surface area contributed by atoms with E-state index in [1.807, 2.05) is 47.4 Å². The van der Waals surface area contributed by atoms with Crippen molar-refractivity contribution in [2.45, 2.75) is 18.5 Å². The number of anilines is 1. The molecule has 3 heterocycles. The van der Waals surface area contributed by atoms with Gasteiger partial charge in [-0.15, -0.1) is 0 Å². The van der Waals surface area contributed by atoms with Crippen LogP contribution < -0.4 is 9.64 Å². The number of carbonyl (C=O) groups is 1. The van der Waals surface area contributed by atoms with Crippen LogP contribution in [0.2, 0.25) is 0 Å². The summed E-state index contributed by atoms with van der Waals surface area (Å²) in [5, 5.41) is 1.47. The lowest BCUT2D eigenvalue weighted by molar-refractivity contribution is -0.120. The van der Waals surface area contributed by atoms with Crippen molar-refractivity contribution in [3.63, 3.8) is 0 Å². The van der Waals surface area contributed by atoms with Crippen molar-refractivity contribution < 1.29 is 13.9 Å². The molecule has 1 amide bonds. The molecule has 1 aromatic heterocycles. The number of aromatic nitrogens is 1. The number of ether oxygens (including phenoxy) is 1. The molecule has 1 N–H and O–H groups in total. The van der Waals surface area contributed by atoms with Crippen LogP contribution in [0, 0.1) is 5.82 Å². The Morgan fingerprint density at radius 2 is 1.88 bits per heavy atom.